The molecule has 0 aliphatic carbocycles. The Morgan fingerprint density at radius 1 is 1.31 bits per heavy atom. The topological polar surface area (TPSA) is 20.1 Å². The molecular formula is C11H10N2. The van der Waals surface area contributed by atoms with Crippen molar-refractivity contribution >= 4 is 10.9 Å². The summed E-state index contributed by atoms with van der Waals surface area (Å²) < 4.78 is 0. The lowest BCUT2D eigenvalue weighted by molar-refractivity contribution is 1.09. The van der Waals surface area contributed by atoms with Crippen LogP contribution in [0.5, 0.6) is 0 Å². The third kappa shape index (κ3) is 1.41. The van der Waals surface area contributed by atoms with Crippen molar-refractivity contribution < 1.29 is 0 Å². The van der Waals surface area contributed by atoms with Crippen LogP contribution in [0.25, 0.3) is 15.7 Å². The van der Waals surface area contributed by atoms with Gasteiger partial charge in [0.25, 0.3) is 0 Å². The minimum atomic E-state index is 0.574. The second-order valence-electron chi connectivity index (χ2n) is 2.99. The van der Waals surface area contributed by atoms with Crippen molar-refractivity contribution in [2.45, 2.75) is 6.42 Å². The molecule has 1 heterocycles. The van der Waals surface area contributed by atoms with Crippen LogP contribution >= 0.6 is 0 Å². The van der Waals surface area contributed by atoms with Crippen LogP contribution in [0, 0.1) is 6.57 Å². The third-order valence-corrected chi connectivity index (χ3v) is 2.18. The van der Waals surface area contributed by atoms with Crippen LogP contribution in [0.15, 0.2) is 30.5 Å². The molecule has 0 amide bonds. The van der Waals surface area contributed by atoms with Gasteiger partial charge in [-0.2, -0.15) is 0 Å². The number of benzene rings is 1. The van der Waals surface area contributed by atoms with Gasteiger partial charge >= 0.3 is 0 Å². The lowest BCUT2D eigenvalue weighted by Gasteiger charge is -1.97. The van der Waals surface area contributed by atoms with E-state index in [9.17, 15) is 0 Å². The number of aromatic amines is 1. The first kappa shape index (κ1) is 7.88. The molecule has 0 atom stereocenters. The first-order valence-corrected chi connectivity index (χ1v) is 4.30. The van der Waals surface area contributed by atoms with Gasteiger partial charge in [-0.25, -0.2) is 6.57 Å². The highest BCUT2D eigenvalue weighted by atomic mass is 14.7. The van der Waals surface area contributed by atoms with Crippen molar-refractivity contribution in [2.24, 2.45) is 0 Å². The molecule has 0 saturated carbocycles. The lowest BCUT2D eigenvalue weighted by atomic mass is 10.1. The van der Waals surface area contributed by atoms with Crippen molar-refractivity contribution in [1.29, 1.82) is 0 Å². The van der Waals surface area contributed by atoms with Crippen molar-refractivity contribution in [2.75, 3.05) is 6.54 Å². The number of hydrogen-bond donors (Lipinski definition) is 1. The van der Waals surface area contributed by atoms with E-state index in [1.807, 2.05) is 12.3 Å². The molecule has 0 aliphatic rings. The molecule has 1 aromatic heterocycles. The third-order valence-electron chi connectivity index (χ3n) is 2.18. The maximum absolute atomic E-state index is 6.74. The van der Waals surface area contributed by atoms with Crippen LogP contribution in [0.3, 0.4) is 0 Å². The zero-order valence-electron chi connectivity index (χ0n) is 7.25. The molecule has 1 aromatic carbocycles. The van der Waals surface area contributed by atoms with Crippen molar-refractivity contribution in [3.05, 3.63) is 47.4 Å². The van der Waals surface area contributed by atoms with E-state index in [1.54, 1.807) is 0 Å². The minimum absolute atomic E-state index is 0.574. The van der Waals surface area contributed by atoms with Gasteiger partial charge in [0.1, 0.15) is 0 Å². The van der Waals surface area contributed by atoms with Gasteiger partial charge in [-0.15, -0.1) is 0 Å². The van der Waals surface area contributed by atoms with Crippen LogP contribution in [0.4, 0.5) is 0 Å². The Morgan fingerprint density at radius 2 is 2.23 bits per heavy atom. The summed E-state index contributed by atoms with van der Waals surface area (Å²) in [7, 11) is 0. The second-order valence-corrected chi connectivity index (χ2v) is 2.99. The Labute approximate surface area is 77.0 Å². The zero-order chi connectivity index (χ0) is 9.10. The van der Waals surface area contributed by atoms with Crippen molar-refractivity contribution in [3.8, 4) is 0 Å². The van der Waals surface area contributed by atoms with E-state index < -0.39 is 0 Å². The largest absolute Gasteiger partial charge is 0.361 e. The van der Waals surface area contributed by atoms with E-state index in [0.717, 1.165) is 11.9 Å². The number of nitrogens with one attached hydrogen (secondary N) is 1. The fraction of sp³-hybridized carbons (Fsp3) is 0.182. The number of nitrogens with zero attached hydrogens (tertiary/aromatic N) is 1. The number of H-pyrrole nitrogens is 1. The predicted octanol–water partition coefficient (Wildman–Crippen LogP) is 2.63. The smallest absolute Gasteiger partial charge is 0.218 e. The Balaban J connectivity index is 2.44. The summed E-state index contributed by atoms with van der Waals surface area (Å²) in [4.78, 5) is 6.52. The van der Waals surface area contributed by atoms with Crippen LogP contribution in [0.2, 0.25) is 0 Å². The van der Waals surface area contributed by atoms with E-state index in [-0.39, 0.29) is 0 Å². The van der Waals surface area contributed by atoms with Crippen LogP contribution < -0.4 is 0 Å². The van der Waals surface area contributed by atoms with Gasteiger partial charge in [-0.1, -0.05) is 12.1 Å². The number of hydrogen-bond acceptors (Lipinski definition) is 0. The molecule has 0 fully saturated rings. The Bertz CT molecular complexity index is 448. The van der Waals surface area contributed by atoms with Crippen LogP contribution in [-0.2, 0) is 6.42 Å². The first-order valence-electron chi connectivity index (χ1n) is 4.30. The normalized spacial score (nSPS) is 10.1. The average molecular weight is 170 g/mol. The van der Waals surface area contributed by atoms with Crippen molar-refractivity contribution in [1.82, 2.24) is 4.98 Å². The molecular weight excluding hydrogens is 160 g/mol. The summed E-state index contributed by atoms with van der Waals surface area (Å²) >= 11 is 0. The maximum Gasteiger partial charge on any atom is 0.218 e. The molecule has 0 radical (unpaired) electrons. The maximum atomic E-state index is 6.74. The van der Waals surface area contributed by atoms with Gasteiger partial charge in [0.2, 0.25) is 6.54 Å². The molecule has 13 heavy (non-hydrogen) atoms. The SMILES string of the molecule is [C-]#[N+]CCc1cccc2[nH]ccc12. The standard InChI is InChI=1S/C11H10N2/c1-12-7-5-9-3-2-4-11-10(9)6-8-13-11/h2-4,6,8,13H,5,7H2. The molecule has 0 spiro atoms. The van der Waals surface area contributed by atoms with E-state index in [1.165, 1.54) is 10.9 Å². The second kappa shape index (κ2) is 3.32. The molecule has 2 rings (SSSR count). The molecule has 0 bridgehead atoms. The van der Waals surface area contributed by atoms with Crippen molar-refractivity contribution in [3.63, 3.8) is 0 Å². The van der Waals surface area contributed by atoms with E-state index in [4.69, 9.17) is 6.57 Å². The Morgan fingerprint density at radius 3 is 3.08 bits per heavy atom. The molecule has 2 nitrogen and oxygen atoms in total. The predicted molar refractivity (Wildman–Crippen MR) is 53.5 cm³/mol. The molecule has 2 aromatic rings. The molecule has 0 saturated heterocycles. The highest BCUT2D eigenvalue weighted by molar-refractivity contribution is 5.82. The zero-order valence-corrected chi connectivity index (χ0v) is 7.25. The molecule has 0 aliphatic heterocycles. The quantitative estimate of drug-likeness (QED) is 0.669. The van der Waals surface area contributed by atoms with Gasteiger partial charge in [0.15, 0.2) is 0 Å². The summed E-state index contributed by atoms with van der Waals surface area (Å²) in [5, 5.41) is 1.24. The summed E-state index contributed by atoms with van der Waals surface area (Å²) in [6, 6.07) is 8.23. The highest BCUT2D eigenvalue weighted by Gasteiger charge is 2.01. The monoisotopic (exact) mass is 170 g/mol. The fourth-order valence-electron chi connectivity index (χ4n) is 1.54. The summed E-state index contributed by atoms with van der Waals surface area (Å²) in [5.74, 6) is 0. The van der Waals surface area contributed by atoms with E-state index in [0.29, 0.717) is 6.54 Å². The van der Waals surface area contributed by atoms with Gasteiger partial charge in [0, 0.05) is 23.5 Å². The summed E-state index contributed by atoms with van der Waals surface area (Å²) in [6.07, 6.45) is 2.78. The average Bonchev–Trinajstić information content (AvgIpc) is 2.62. The molecule has 2 heteroatoms. The first-order chi connectivity index (χ1) is 6.42. The van der Waals surface area contributed by atoms with Gasteiger partial charge in [0.05, 0.1) is 0 Å². The van der Waals surface area contributed by atoms with E-state index in [2.05, 4.69) is 28.0 Å². The van der Waals surface area contributed by atoms with Gasteiger partial charge in [-0.3, -0.25) is 0 Å². The number of aromatic nitrogens is 1. The fourth-order valence-corrected chi connectivity index (χ4v) is 1.54. The molecule has 0 unspecified atom stereocenters. The lowest BCUT2D eigenvalue weighted by Crippen LogP contribution is -1.87. The number of rotatable bonds is 2. The van der Waals surface area contributed by atoms with Gasteiger partial charge < -0.3 is 9.83 Å². The summed E-state index contributed by atoms with van der Waals surface area (Å²) in [6.45, 7) is 7.31. The number of fused-ring (bicyclic) bond motifs is 1. The van der Waals surface area contributed by atoms with E-state index >= 15 is 0 Å². The molecule has 64 valence electrons. The summed E-state index contributed by atoms with van der Waals surface area (Å²) in [5.41, 5.74) is 2.41. The Kier molecular flexibility index (Phi) is 2.01. The highest BCUT2D eigenvalue weighted by Crippen LogP contribution is 2.17. The van der Waals surface area contributed by atoms with Crippen LogP contribution in [-0.4, -0.2) is 11.5 Å². The Hall–Kier alpha value is -1.75. The molecule has 1 N–H and O–H groups in total. The van der Waals surface area contributed by atoms with Crippen LogP contribution in [0.1, 0.15) is 5.56 Å². The minimum Gasteiger partial charge on any atom is -0.361 e. The van der Waals surface area contributed by atoms with Gasteiger partial charge in [-0.05, 0) is 17.7 Å².